The van der Waals surface area contributed by atoms with Gasteiger partial charge in [-0.3, -0.25) is 4.79 Å². The Morgan fingerprint density at radius 3 is 2.19 bits per heavy atom. The van der Waals surface area contributed by atoms with Crippen LogP contribution in [0.5, 0.6) is 0 Å². The zero-order valence-electron chi connectivity index (χ0n) is 17.0. The second-order valence-electron chi connectivity index (χ2n) is 7.27. The fraction of sp³-hybridized carbons (Fsp3) is 0.0833. The summed E-state index contributed by atoms with van der Waals surface area (Å²) in [5.41, 5.74) is 1.13. The summed E-state index contributed by atoms with van der Waals surface area (Å²) in [4.78, 5) is 13.4. The van der Waals surface area contributed by atoms with E-state index >= 15 is 0 Å². The van der Waals surface area contributed by atoms with Crippen molar-refractivity contribution in [3.63, 3.8) is 0 Å². The fourth-order valence-corrected chi connectivity index (χ4v) is 4.78. The number of benzene rings is 3. The van der Waals surface area contributed by atoms with Gasteiger partial charge in [-0.2, -0.15) is 9.78 Å². The molecule has 32 heavy (non-hydrogen) atoms. The summed E-state index contributed by atoms with van der Waals surface area (Å²) in [7, 11) is -3.83. The lowest BCUT2D eigenvalue weighted by Crippen LogP contribution is -2.29. The van der Waals surface area contributed by atoms with Gasteiger partial charge in [-0.05, 0) is 23.8 Å². The number of hydrogen-bond acceptors (Lipinski definition) is 4. The van der Waals surface area contributed by atoms with Crippen molar-refractivity contribution in [3.8, 4) is 16.9 Å². The van der Waals surface area contributed by atoms with Crippen LogP contribution in [0.3, 0.4) is 0 Å². The van der Waals surface area contributed by atoms with Crippen LogP contribution in [0.2, 0.25) is 5.02 Å². The Kier molecular flexibility index (Phi) is 5.95. The zero-order chi connectivity index (χ0) is 22.9. The van der Waals surface area contributed by atoms with E-state index in [0.29, 0.717) is 5.56 Å². The van der Waals surface area contributed by atoms with Crippen molar-refractivity contribution in [1.82, 2.24) is 9.78 Å². The summed E-state index contributed by atoms with van der Waals surface area (Å²) >= 11 is 5.93. The predicted octanol–water partition coefficient (Wildman–Crippen LogP) is 4.69. The zero-order valence-corrected chi connectivity index (χ0v) is 18.6. The average molecular weight is 469 g/mol. The lowest BCUT2D eigenvalue weighted by atomic mass is 10.0. The van der Waals surface area contributed by atoms with Crippen LogP contribution in [0.25, 0.3) is 16.9 Å². The van der Waals surface area contributed by atoms with E-state index in [9.17, 15) is 17.6 Å². The molecule has 0 unspecified atom stereocenters. The van der Waals surface area contributed by atoms with Crippen LogP contribution < -0.4 is 5.56 Å². The highest BCUT2D eigenvalue weighted by molar-refractivity contribution is 7.90. The quantitative estimate of drug-likeness (QED) is 0.426. The summed E-state index contributed by atoms with van der Waals surface area (Å²) in [6, 6.07) is 21.6. The van der Waals surface area contributed by atoms with Crippen molar-refractivity contribution in [3.05, 3.63) is 111 Å². The summed E-state index contributed by atoms with van der Waals surface area (Å²) in [5.74, 6) is -0.635. The van der Waals surface area contributed by atoms with Crippen molar-refractivity contribution in [1.29, 1.82) is 0 Å². The predicted molar refractivity (Wildman–Crippen MR) is 123 cm³/mol. The molecule has 5 nitrogen and oxygen atoms in total. The molecule has 0 radical (unpaired) electrons. The number of aromatic nitrogens is 2. The van der Waals surface area contributed by atoms with E-state index in [1.54, 1.807) is 30.3 Å². The van der Waals surface area contributed by atoms with Crippen LogP contribution in [0.4, 0.5) is 4.39 Å². The Morgan fingerprint density at radius 2 is 1.59 bits per heavy atom. The minimum absolute atomic E-state index is 0.0769. The lowest BCUT2D eigenvalue weighted by Gasteiger charge is -2.16. The topological polar surface area (TPSA) is 69.0 Å². The van der Waals surface area contributed by atoms with Crippen LogP contribution in [0.15, 0.2) is 88.6 Å². The van der Waals surface area contributed by atoms with E-state index in [0.717, 1.165) is 22.6 Å². The van der Waals surface area contributed by atoms with Gasteiger partial charge >= 0.3 is 0 Å². The molecule has 0 bridgehead atoms. The van der Waals surface area contributed by atoms with E-state index < -0.39 is 21.2 Å². The van der Waals surface area contributed by atoms with Crippen molar-refractivity contribution in [2.24, 2.45) is 0 Å². The largest absolute Gasteiger partial charge is 0.276 e. The number of nitrogens with zero attached hydrogens (tertiary/aromatic N) is 2. The van der Waals surface area contributed by atoms with Gasteiger partial charge < -0.3 is 0 Å². The van der Waals surface area contributed by atoms with Gasteiger partial charge in [0.05, 0.1) is 10.7 Å². The highest BCUT2D eigenvalue weighted by Gasteiger charge is 2.26. The first-order chi connectivity index (χ1) is 15.3. The van der Waals surface area contributed by atoms with Crippen molar-refractivity contribution in [2.75, 3.05) is 6.26 Å². The summed E-state index contributed by atoms with van der Waals surface area (Å²) < 4.78 is 40.6. The lowest BCUT2D eigenvalue weighted by molar-refractivity contribution is 0.599. The van der Waals surface area contributed by atoms with Gasteiger partial charge in [-0.15, -0.1) is 0 Å². The molecule has 0 aliphatic carbocycles. The molecule has 1 aromatic heterocycles. The molecule has 4 aromatic rings. The van der Waals surface area contributed by atoms with Gasteiger partial charge in [-0.1, -0.05) is 72.3 Å². The maximum Gasteiger partial charge on any atom is 0.276 e. The Hall–Kier alpha value is -3.29. The van der Waals surface area contributed by atoms with Crippen LogP contribution in [0.1, 0.15) is 11.1 Å². The molecule has 1 heterocycles. The monoisotopic (exact) mass is 468 g/mol. The van der Waals surface area contributed by atoms with Gasteiger partial charge in [0.2, 0.25) is 0 Å². The second kappa shape index (κ2) is 8.68. The molecule has 0 aliphatic rings. The molecule has 0 atom stereocenters. The molecule has 0 amide bonds. The molecular formula is C24H18ClFN2O3S. The van der Waals surface area contributed by atoms with Crippen molar-refractivity contribution >= 4 is 21.4 Å². The van der Waals surface area contributed by atoms with Gasteiger partial charge in [0.15, 0.2) is 9.84 Å². The third-order valence-corrected chi connectivity index (χ3v) is 6.40. The van der Waals surface area contributed by atoms with E-state index in [4.69, 9.17) is 11.6 Å². The van der Waals surface area contributed by atoms with Crippen LogP contribution in [-0.4, -0.2) is 24.5 Å². The maximum absolute atomic E-state index is 13.7. The average Bonchev–Trinajstić information content (AvgIpc) is 2.77. The highest BCUT2D eigenvalue weighted by Crippen LogP contribution is 2.29. The van der Waals surface area contributed by atoms with Crippen LogP contribution in [-0.2, 0) is 16.3 Å². The molecule has 0 aliphatic heterocycles. The minimum Gasteiger partial charge on any atom is -0.267 e. The third-order valence-electron chi connectivity index (χ3n) is 4.93. The summed E-state index contributed by atoms with van der Waals surface area (Å²) in [6.45, 7) is 0. The Bertz CT molecular complexity index is 1450. The number of rotatable bonds is 5. The molecule has 0 N–H and O–H groups in total. The summed E-state index contributed by atoms with van der Waals surface area (Å²) in [5, 5.41) is 4.22. The maximum atomic E-state index is 13.7. The van der Waals surface area contributed by atoms with Crippen LogP contribution in [0, 0.1) is 5.82 Å². The third kappa shape index (κ3) is 4.35. The molecule has 0 spiro atoms. The van der Waals surface area contributed by atoms with Gasteiger partial charge in [0, 0.05) is 23.8 Å². The van der Waals surface area contributed by atoms with E-state index in [1.165, 1.54) is 12.1 Å². The van der Waals surface area contributed by atoms with E-state index in [2.05, 4.69) is 5.10 Å². The van der Waals surface area contributed by atoms with E-state index in [1.807, 2.05) is 30.3 Å². The molecule has 3 aromatic carbocycles. The number of hydrogen-bond donors (Lipinski definition) is 0. The standard InChI is InChI=1S/C24H18ClFN2O3S/c1-32(30,31)23-19(14-16-8-4-2-5-9-16)24(29)28(18-12-13-21(26)20(25)15-18)27-22(23)17-10-6-3-7-11-17/h2-13,15H,14H2,1H3. The molecule has 0 saturated carbocycles. The molecule has 4 rings (SSSR count). The normalized spacial score (nSPS) is 11.5. The highest BCUT2D eigenvalue weighted by atomic mass is 35.5. The summed E-state index contributed by atoms with van der Waals surface area (Å²) in [6.07, 6.45) is 1.14. The number of sulfone groups is 1. The van der Waals surface area contributed by atoms with Gasteiger partial charge in [0.25, 0.3) is 5.56 Å². The molecule has 162 valence electrons. The molecule has 8 heteroatoms. The first kappa shape index (κ1) is 21.9. The fourth-order valence-electron chi connectivity index (χ4n) is 3.49. The first-order valence-electron chi connectivity index (χ1n) is 9.67. The Labute approximate surface area is 189 Å². The Balaban J connectivity index is 2.10. The minimum atomic E-state index is -3.83. The van der Waals surface area contributed by atoms with Gasteiger partial charge in [0.1, 0.15) is 16.4 Å². The van der Waals surface area contributed by atoms with Crippen molar-refractivity contribution < 1.29 is 12.8 Å². The van der Waals surface area contributed by atoms with E-state index in [-0.39, 0.29) is 33.3 Å². The van der Waals surface area contributed by atoms with Crippen LogP contribution >= 0.6 is 11.6 Å². The molecular weight excluding hydrogens is 451 g/mol. The number of halogens is 2. The smallest absolute Gasteiger partial charge is 0.267 e. The van der Waals surface area contributed by atoms with Gasteiger partial charge in [-0.25, -0.2) is 12.8 Å². The SMILES string of the molecule is CS(=O)(=O)c1c(-c2ccccc2)nn(-c2ccc(F)c(Cl)c2)c(=O)c1Cc1ccccc1. The van der Waals surface area contributed by atoms with Crippen molar-refractivity contribution in [2.45, 2.75) is 11.3 Å². The second-order valence-corrected chi connectivity index (χ2v) is 9.63. The molecule has 0 saturated heterocycles. The first-order valence-corrected chi connectivity index (χ1v) is 11.9. The molecule has 0 fully saturated rings. The Morgan fingerprint density at radius 1 is 0.969 bits per heavy atom.